The van der Waals surface area contributed by atoms with Crippen LogP contribution in [0.5, 0.6) is 0 Å². The Hall–Kier alpha value is -3.09. The molecule has 2 amide bonds. The molecule has 33 heavy (non-hydrogen) atoms. The zero-order chi connectivity index (χ0) is 24.2. The molecule has 0 saturated heterocycles. The third kappa shape index (κ3) is 5.64. The van der Waals surface area contributed by atoms with Crippen molar-refractivity contribution in [2.75, 3.05) is 18.4 Å². The highest BCUT2D eigenvalue weighted by Crippen LogP contribution is 2.27. The van der Waals surface area contributed by atoms with Crippen LogP contribution in [0.15, 0.2) is 45.0 Å². The molecule has 2 heterocycles. The minimum atomic E-state index is -3.85. The van der Waals surface area contributed by atoms with Gasteiger partial charge in [-0.1, -0.05) is 13.8 Å². The van der Waals surface area contributed by atoms with Crippen LogP contribution in [0.4, 0.5) is 9.52 Å². The van der Waals surface area contributed by atoms with Crippen LogP contribution >= 0.6 is 11.3 Å². The van der Waals surface area contributed by atoms with Crippen LogP contribution in [0, 0.1) is 5.82 Å². The molecule has 0 aliphatic carbocycles. The number of anilines is 1. The van der Waals surface area contributed by atoms with Gasteiger partial charge in [0.15, 0.2) is 10.9 Å². The summed E-state index contributed by atoms with van der Waals surface area (Å²) < 4.78 is 46.6. The first-order chi connectivity index (χ1) is 15.6. The van der Waals surface area contributed by atoms with Crippen LogP contribution < -0.4 is 10.6 Å². The molecule has 0 atom stereocenters. The summed E-state index contributed by atoms with van der Waals surface area (Å²) >= 11 is 1.10. The summed E-state index contributed by atoms with van der Waals surface area (Å²) in [5.41, 5.74) is 0.0401. The zero-order valence-electron chi connectivity index (χ0n) is 18.2. The second-order valence-corrected chi connectivity index (χ2v) is 9.69. The van der Waals surface area contributed by atoms with Gasteiger partial charge in [-0.2, -0.15) is 4.31 Å². The summed E-state index contributed by atoms with van der Waals surface area (Å²) in [5, 5.41) is 6.95. The topological polar surface area (TPSA) is 122 Å². The fourth-order valence-corrected chi connectivity index (χ4v) is 5.16. The summed E-state index contributed by atoms with van der Waals surface area (Å²) in [6.45, 7) is 5.52. The van der Waals surface area contributed by atoms with E-state index in [4.69, 9.17) is 4.42 Å². The summed E-state index contributed by atoms with van der Waals surface area (Å²) in [7, 11) is -3.85. The number of rotatable bonds is 9. The second kappa shape index (κ2) is 10.2. The molecule has 0 spiro atoms. The number of hydrogen-bond acceptors (Lipinski definition) is 7. The second-order valence-electron chi connectivity index (χ2n) is 6.90. The average molecular weight is 495 g/mol. The van der Waals surface area contributed by atoms with Crippen molar-refractivity contribution < 1.29 is 26.8 Å². The molecule has 1 aromatic carbocycles. The average Bonchev–Trinajstić information content (AvgIpc) is 3.42. The van der Waals surface area contributed by atoms with E-state index in [2.05, 4.69) is 15.6 Å². The quantitative estimate of drug-likeness (QED) is 0.470. The molecule has 0 unspecified atom stereocenters. The molecule has 0 aliphatic heterocycles. The number of amides is 2. The van der Waals surface area contributed by atoms with Crippen LogP contribution in [0.2, 0.25) is 0 Å². The van der Waals surface area contributed by atoms with E-state index in [1.54, 1.807) is 31.4 Å². The Balaban J connectivity index is 1.77. The van der Waals surface area contributed by atoms with Crippen molar-refractivity contribution in [3.05, 3.63) is 52.9 Å². The highest BCUT2D eigenvalue weighted by molar-refractivity contribution is 7.89. The van der Waals surface area contributed by atoms with Crippen LogP contribution in [0.1, 0.15) is 36.9 Å². The summed E-state index contributed by atoms with van der Waals surface area (Å²) in [5.74, 6) is -0.891. The summed E-state index contributed by atoms with van der Waals surface area (Å²) in [6, 6.07) is 6.49. The van der Waals surface area contributed by atoms with Gasteiger partial charge in [0.1, 0.15) is 17.3 Å². The van der Waals surface area contributed by atoms with Crippen molar-refractivity contribution in [2.45, 2.75) is 32.2 Å². The molecule has 9 nitrogen and oxygen atoms in total. The zero-order valence-corrected chi connectivity index (χ0v) is 19.8. The summed E-state index contributed by atoms with van der Waals surface area (Å²) in [4.78, 5) is 27.8. The third-order valence-electron chi connectivity index (χ3n) is 4.68. The van der Waals surface area contributed by atoms with E-state index in [1.807, 2.05) is 0 Å². The first-order valence-corrected chi connectivity index (χ1v) is 12.4. The SMILES string of the molecule is CCN(CC)S(=O)(=O)c1ccc(F)c(C(=O)Nc2nc(-c3ccc(CNC(C)=O)o3)cs2)c1. The van der Waals surface area contributed by atoms with Gasteiger partial charge in [0.2, 0.25) is 15.9 Å². The molecule has 0 fully saturated rings. The third-order valence-corrected chi connectivity index (χ3v) is 7.48. The van der Waals surface area contributed by atoms with Crippen LogP contribution in [-0.4, -0.2) is 42.6 Å². The Kier molecular flexibility index (Phi) is 7.61. The van der Waals surface area contributed by atoms with Crippen molar-refractivity contribution in [1.82, 2.24) is 14.6 Å². The molecule has 2 N–H and O–H groups in total. The molecule has 0 radical (unpaired) electrons. The lowest BCUT2D eigenvalue weighted by Gasteiger charge is -2.18. The Morgan fingerprint density at radius 2 is 1.91 bits per heavy atom. The lowest BCUT2D eigenvalue weighted by atomic mass is 10.2. The molecule has 0 aliphatic rings. The number of nitrogens with zero attached hydrogens (tertiary/aromatic N) is 2. The highest BCUT2D eigenvalue weighted by atomic mass is 32.2. The molecule has 0 saturated carbocycles. The van der Waals surface area contributed by atoms with Gasteiger partial charge in [-0.05, 0) is 30.3 Å². The van der Waals surface area contributed by atoms with Crippen molar-refractivity contribution in [3.63, 3.8) is 0 Å². The molecular weight excluding hydrogens is 471 g/mol. The van der Waals surface area contributed by atoms with Gasteiger partial charge in [0, 0.05) is 25.4 Å². The van der Waals surface area contributed by atoms with Crippen molar-refractivity contribution >= 4 is 38.3 Å². The monoisotopic (exact) mass is 494 g/mol. The number of nitrogens with one attached hydrogen (secondary N) is 2. The molecule has 3 aromatic rings. The number of carbonyl (C=O) groups is 2. The Labute approximate surface area is 194 Å². The Morgan fingerprint density at radius 1 is 1.18 bits per heavy atom. The fourth-order valence-electron chi connectivity index (χ4n) is 2.98. The van der Waals surface area contributed by atoms with Gasteiger partial charge in [0.25, 0.3) is 5.91 Å². The van der Waals surface area contributed by atoms with Gasteiger partial charge in [0.05, 0.1) is 17.0 Å². The van der Waals surface area contributed by atoms with Gasteiger partial charge in [-0.25, -0.2) is 17.8 Å². The Morgan fingerprint density at radius 3 is 2.58 bits per heavy atom. The van der Waals surface area contributed by atoms with E-state index in [0.29, 0.717) is 17.2 Å². The molecule has 176 valence electrons. The summed E-state index contributed by atoms with van der Waals surface area (Å²) in [6.07, 6.45) is 0. The standard InChI is InChI=1S/C21H23FN4O5S2/c1-4-26(5-2)33(29,30)15-7-8-17(22)16(10-15)20(28)25-21-24-18(12-32-21)19-9-6-14(31-19)11-23-13(3)27/h6-10,12H,4-5,11H2,1-3H3,(H,23,27)(H,24,25,28). The molecule has 12 heteroatoms. The van der Waals surface area contributed by atoms with Crippen molar-refractivity contribution in [1.29, 1.82) is 0 Å². The molecule has 0 bridgehead atoms. The maximum atomic E-state index is 14.3. The van der Waals surface area contributed by atoms with E-state index in [9.17, 15) is 22.4 Å². The fraction of sp³-hybridized carbons (Fsp3) is 0.286. The number of furan rings is 1. The van der Waals surface area contributed by atoms with E-state index >= 15 is 0 Å². The maximum absolute atomic E-state index is 14.3. The first-order valence-electron chi connectivity index (χ1n) is 10.1. The molecular formula is C21H23FN4O5S2. The van der Waals surface area contributed by atoms with Gasteiger partial charge < -0.3 is 9.73 Å². The van der Waals surface area contributed by atoms with Crippen molar-refractivity contribution in [2.24, 2.45) is 0 Å². The minimum Gasteiger partial charge on any atom is -0.458 e. The lowest BCUT2D eigenvalue weighted by molar-refractivity contribution is -0.119. The van der Waals surface area contributed by atoms with E-state index in [1.165, 1.54) is 11.2 Å². The van der Waals surface area contributed by atoms with E-state index in [0.717, 1.165) is 29.5 Å². The van der Waals surface area contributed by atoms with Crippen molar-refractivity contribution in [3.8, 4) is 11.5 Å². The van der Waals surface area contributed by atoms with Gasteiger partial charge in [-0.3, -0.25) is 14.9 Å². The van der Waals surface area contributed by atoms with Crippen LogP contribution in [0.3, 0.4) is 0 Å². The predicted molar refractivity (Wildman–Crippen MR) is 122 cm³/mol. The number of hydrogen-bond donors (Lipinski definition) is 2. The molecule has 2 aromatic heterocycles. The minimum absolute atomic E-state index is 0.167. The Bertz CT molecular complexity index is 1270. The van der Waals surface area contributed by atoms with E-state index < -0.39 is 27.3 Å². The smallest absolute Gasteiger partial charge is 0.260 e. The number of carbonyl (C=O) groups excluding carboxylic acids is 2. The highest BCUT2D eigenvalue weighted by Gasteiger charge is 2.24. The normalized spacial score (nSPS) is 11.5. The largest absolute Gasteiger partial charge is 0.458 e. The number of benzene rings is 1. The van der Waals surface area contributed by atoms with Crippen LogP contribution in [-0.2, 0) is 21.4 Å². The van der Waals surface area contributed by atoms with Gasteiger partial charge >= 0.3 is 0 Å². The number of halogens is 1. The van der Waals surface area contributed by atoms with Crippen LogP contribution in [0.25, 0.3) is 11.5 Å². The lowest BCUT2D eigenvalue weighted by Crippen LogP contribution is -2.31. The number of sulfonamides is 1. The molecule has 3 rings (SSSR count). The number of thiazole rings is 1. The van der Waals surface area contributed by atoms with Gasteiger partial charge in [-0.15, -0.1) is 11.3 Å². The predicted octanol–water partition coefficient (Wildman–Crippen LogP) is 3.46. The maximum Gasteiger partial charge on any atom is 0.260 e. The number of aromatic nitrogens is 1. The first kappa shape index (κ1) is 24.6. The van der Waals surface area contributed by atoms with E-state index in [-0.39, 0.29) is 35.6 Å².